The van der Waals surface area contributed by atoms with Crippen LogP contribution in [0.2, 0.25) is 5.02 Å². The van der Waals surface area contributed by atoms with Crippen LogP contribution >= 0.6 is 11.6 Å². The number of methoxy groups -OCH3 is 1. The number of hydrogen-bond donors (Lipinski definition) is 0. The molecule has 1 aliphatic carbocycles. The Morgan fingerprint density at radius 2 is 1.90 bits per heavy atom. The first-order valence-electron chi connectivity index (χ1n) is 9.71. The Labute approximate surface area is 171 Å². The Hall–Kier alpha value is -2.77. The monoisotopic (exact) mass is 409 g/mol. The van der Waals surface area contributed by atoms with Gasteiger partial charge in [-0.1, -0.05) is 36.6 Å². The molecule has 7 nitrogen and oxygen atoms in total. The number of halogens is 1. The maximum Gasteiger partial charge on any atom is 0.280 e. The summed E-state index contributed by atoms with van der Waals surface area (Å²) >= 11 is 6.05. The molecule has 5 rings (SSSR count). The van der Waals surface area contributed by atoms with E-state index in [-0.39, 0.29) is 11.6 Å². The van der Waals surface area contributed by atoms with E-state index in [4.69, 9.17) is 21.4 Å². The van der Waals surface area contributed by atoms with Gasteiger partial charge < -0.3 is 9.30 Å². The Bertz CT molecular complexity index is 1260. The van der Waals surface area contributed by atoms with Crippen LogP contribution in [0.15, 0.2) is 41.3 Å². The summed E-state index contributed by atoms with van der Waals surface area (Å²) in [6, 6.07) is 9.64. The molecule has 148 valence electrons. The van der Waals surface area contributed by atoms with E-state index >= 15 is 0 Å². The van der Waals surface area contributed by atoms with Gasteiger partial charge in [0.15, 0.2) is 11.2 Å². The molecule has 0 spiro atoms. The van der Waals surface area contributed by atoms with E-state index in [2.05, 4.69) is 10.2 Å². The van der Waals surface area contributed by atoms with E-state index in [0.29, 0.717) is 28.3 Å². The second-order valence-electron chi connectivity index (χ2n) is 7.40. The van der Waals surface area contributed by atoms with Gasteiger partial charge in [0.1, 0.15) is 5.52 Å². The molecule has 0 amide bonds. The van der Waals surface area contributed by atoms with Crippen LogP contribution in [0.5, 0.6) is 0 Å². The highest BCUT2D eigenvalue weighted by Gasteiger charge is 2.22. The van der Waals surface area contributed by atoms with E-state index in [0.717, 1.165) is 42.5 Å². The number of benzene rings is 1. The van der Waals surface area contributed by atoms with E-state index in [1.165, 1.54) is 0 Å². The number of nitrogens with zero attached hydrogens (tertiary/aromatic N) is 5. The Morgan fingerprint density at radius 1 is 1.14 bits per heavy atom. The molecule has 1 aliphatic rings. The largest absolute Gasteiger partial charge is 0.378 e. The van der Waals surface area contributed by atoms with Crippen molar-refractivity contribution >= 4 is 28.3 Å². The summed E-state index contributed by atoms with van der Waals surface area (Å²) in [5.41, 5.74) is 3.94. The fourth-order valence-corrected chi connectivity index (χ4v) is 4.35. The van der Waals surface area contributed by atoms with Gasteiger partial charge in [-0.05, 0) is 36.6 Å². The summed E-state index contributed by atoms with van der Waals surface area (Å²) in [5, 5.41) is 14.1. The number of ether oxygens (including phenoxy) is 1. The van der Waals surface area contributed by atoms with Gasteiger partial charge in [0.2, 0.25) is 0 Å². The molecule has 0 atom stereocenters. The molecule has 0 bridgehead atoms. The normalized spacial score (nSPS) is 15.0. The lowest BCUT2D eigenvalue weighted by Gasteiger charge is -2.13. The van der Waals surface area contributed by atoms with Gasteiger partial charge >= 0.3 is 0 Å². The number of aromatic nitrogens is 5. The molecule has 0 aliphatic heterocycles. The van der Waals surface area contributed by atoms with Crippen molar-refractivity contribution < 1.29 is 4.74 Å². The van der Waals surface area contributed by atoms with Crippen LogP contribution in [-0.2, 0) is 11.3 Å². The fraction of sp³-hybridized carbons (Fsp3) is 0.333. The van der Waals surface area contributed by atoms with Crippen LogP contribution in [0, 0.1) is 0 Å². The summed E-state index contributed by atoms with van der Waals surface area (Å²) in [6.45, 7) is 0.321. The topological polar surface area (TPSA) is 74.3 Å². The van der Waals surface area contributed by atoms with E-state index in [1.54, 1.807) is 16.2 Å². The molecule has 0 radical (unpaired) electrons. The Morgan fingerprint density at radius 3 is 2.62 bits per heavy atom. The van der Waals surface area contributed by atoms with Crippen molar-refractivity contribution in [3.63, 3.8) is 0 Å². The van der Waals surface area contributed by atoms with E-state index in [1.807, 2.05) is 36.5 Å². The molecule has 1 saturated carbocycles. The van der Waals surface area contributed by atoms with Gasteiger partial charge in [0.25, 0.3) is 5.56 Å². The lowest BCUT2D eigenvalue weighted by Crippen LogP contribution is -2.24. The second-order valence-corrected chi connectivity index (χ2v) is 7.83. The van der Waals surface area contributed by atoms with Crippen molar-refractivity contribution in [2.24, 2.45) is 0 Å². The molecule has 3 heterocycles. The van der Waals surface area contributed by atoms with Gasteiger partial charge in [-0.15, -0.1) is 10.2 Å². The molecule has 1 fully saturated rings. The third-order valence-corrected chi connectivity index (χ3v) is 5.86. The third-order valence-electron chi connectivity index (χ3n) is 5.61. The quantitative estimate of drug-likeness (QED) is 0.509. The van der Waals surface area contributed by atoms with E-state index < -0.39 is 0 Å². The van der Waals surface area contributed by atoms with Crippen molar-refractivity contribution in [3.8, 4) is 11.1 Å². The van der Waals surface area contributed by atoms with Gasteiger partial charge in [0.05, 0.1) is 17.9 Å². The molecular formula is C21H20ClN5O2. The molecule has 0 unspecified atom stereocenters. The standard InChI is InChI=1S/C21H20ClN5O2/c1-29-12-16-18(13-6-8-14(22)9-7-13)20-24-23-19-17(27(20)25-16)10-11-26(21(19)28)15-4-2-3-5-15/h6-11,15H,2-5,12H2,1H3. The van der Waals surface area contributed by atoms with Crippen LogP contribution in [0.25, 0.3) is 27.8 Å². The smallest absolute Gasteiger partial charge is 0.280 e. The second kappa shape index (κ2) is 7.24. The molecule has 4 aromatic rings. The number of pyridine rings is 1. The SMILES string of the molecule is COCc1nn2c(nnc3c(=O)n(C4CCCC4)ccc32)c1-c1ccc(Cl)cc1. The maximum absolute atomic E-state index is 13.1. The van der Waals surface area contributed by atoms with Gasteiger partial charge in [0, 0.05) is 24.4 Å². The fourth-order valence-electron chi connectivity index (χ4n) is 4.22. The molecular weight excluding hydrogens is 390 g/mol. The first-order chi connectivity index (χ1) is 14.2. The molecule has 0 saturated heterocycles. The summed E-state index contributed by atoms with van der Waals surface area (Å²) in [5.74, 6) is 0. The summed E-state index contributed by atoms with van der Waals surface area (Å²) < 4.78 is 8.85. The van der Waals surface area contributed by atoms with Crippen LogP contribution in [0.3, 0.4) is 0 Å². The number of fused-ring (bicyclic) bond motifs is 3. The first-order valence-corrected chi connectivity index (χ1v) is 10.1. The molecule has 3 aromatic heterocycles. The third kappa shape index (κ3) is 3.01. The van der Waals surface area contributed by atoms with Gasteiger partial charge in [-0.25, -0.2) is 4.52 Å². The Balaban J connectivity index is 1.75. The van der Waals surface area contributed by atoms with E-state index in [9.17, 15) is 4.79 Å². The number of rotatable bonds is 4. The highest BCUT2D eigenvalue weighted by Crippen LogP contribution is 2.31. The van der Waals surface area contributed by atoms with Crippen LogP contribution < -0.4 is 5.56 Å². The van der Waals surface area contributed by atoms with Crippen molar-refractivity contribution in [2.45, 2.75) is 38.3 Å². The summed E-state index contributed by atoms with van der Waals surface area (Å²) in [4.78, 5) is 13.1. The molecule has 0 N–H and O–H groups in total. The Kier molecular flexibility index (Phi) is 4.56. The van der Waals surface area contributed by atoms with Crippen LogP contribution in [0.1, 0.15) is 37.4 Å². The highest BCUT2D eigenvalue weighted by atomic mass is 35.5. The maximum atomic E-state index is 13.1. The van der Waals surface area contributed by atoms with Gasteiger partial charge in [-0.3, -0.25) is 4.79 Å². The summed E-state index contributed by atoms with van der Waals surface area (Å²) in [6.07, 6.45) is 6.23. The predicted molar refractivity (Wildman–Crippen MR) is 111 cm³/mol. The average Bonchev–Trinajstić information content (AvgIpc) is 3.37. The lowest BCUT2D eigenvalue weighted by molar-refractivity contribution is 0.181. The molecule has 8 heteroatoms. The van der Waals surface area contributed by atoms with Crippen molar-refractivity contribution in [2.75, 3.05) is 7.11 Å². The van der Waals surface area contributed by atoms with Crippen LogP contribution in [0.4, 0.5) is 0 Å². The number of hydrogen-bond acceptors (Lipinski definition) is 5. The van der Waals surface area contributed by atoms with Crippen molar-refractivity contribution in [1.82, 2.24) is 24.4 Å². The predicted octanol–water partition coefficient (Wildman–Crippen LogP) is 4.02. The zero-order valence-corrected chi connectivity index (χ0v) is 16.8. The average molecular weight is 410 g/mol. The minimum Gasteiger partial charge on any atom is -0.378 e. The van der Waals surface area contributed by atoms with Crippen LogP contribution in [-0.4, -0.2) is 31.5 Å². The zero-order chi connectivity index (χ0) is 20.0. The zero-order valence-electron chi connectivity index (χ0n) is 16.0. The van der Waals surface area contributed by atoms with Crippen molar-refractivity contribution in [3.05, 3.63) is 57.6 Å². The van der Waals surface area contributed by atoms with Gasteiger partial charge in [-0.2, -0.15) is 5.10 Å². The minimum atomic E-state index is -0.111. The lowest BCUT2D eigenvalue weighted by atomic mass is 10.1. The first kappa shape index (κ1) is 18.3. The summed E-state index contributed by atoms with van der Waals surface area (Å²) in [7, 11) is 1.62. The highest BCUT2D eigenvalue weighted by molar-refractivity contribution is 6.30. The van der Waals surface area contributed by atoms with Crippen molar-refractivity contribution in [1.29, 1.82) is 0 Å². The molecule has 29 heavy (non-hydrogen) atoms. The minimum absolute atomic E-state index is 0.111. The molecule has 1 aromatic carbocycles.